The van der Waals surface area contributed by atoms with Crippen molar-refractivity contribution in [2.45, 2.75) is 6.04 Å². The molecule has 2 amide bonds. The summed E-state index contributed by atoms with van der Waals surface area (Å²) in [5, 5.41) is 12.6. The number of ether oxygens (including phenoxy) is 1. The van der Waals surface area contributed by atoms with Gasteiger partial charge >= 0.3 is 6.03 Å². The van der Waals surface area contributed by atoms with Gasteiger partial charge in [-0.15, -0.1) is 0 Å². The van der Waals surface area contributed by atoms with Crippen molar-refractivity contribution >= 4 is 27.6 Å². The molecule has 2 aromatic rings. The van der Waals surface area contributed by atoms with Crippen LogP contribution in [0.4, 0.5) is 10.5 Å². The van der Waals surface area contributed by atoms with Crippen LogP contribution in [-0.2, 0) is 0 Å². The molecule has 3 rings (SSSR count). The fourth-order valence-electron chi connectivity index (χ4n) is 2.96. The molecule has 0 aromatic heterocycles. The highest BCUT2D eigenvalue weighted by atomic mass is 79.9. The third-order valence-electron chi connectivity index (χ3n) is 4.19. The summed E-state index contributed by atoms with van der Waals surface area (Å²) in [5.74, 6) is 0.561. The second-order valence-corrected chi connectivity index (χ2v) is 6.70. The molecule has 126 valence electrons. The Morgan fingerprint density at radius 3 is 2.79 bits per heavy atom. The third kappa shape index (κ3) is 3.39. The Labute approximate surface area is 149 Å². The van der Waals surface area contributed by atoms with Crippen molar-refractivity contribution in [3.63, 3.8) is 0 Å². The summed E-state index contributed by atoms with van der Waals surface area (Å²) in [6.45, 7) is 0.318. The maximum atomic E-state index is 12.6. The van der Waals surface area contributed by atoms with Crippen molar-refractivity contribution in [2.24, 2.45) is 5.92 Å². The molecule has 1 aliphatic rings. The molecule has 0 radical (unpaired) electrons. The lowest BCUT2D eigenvalue weighted by Crippen LogP contribution is -2.43. The molecule has 0 spiro atoms. The van der Waals surface area contributed by atoms with Crippen LogP contribution in [0.2, 0.25) is 0 Å². The zero-order chi connectivity index (χ0) is 17.1. The largest absolute Gasteiger partial charge is 0.493 e. The second-order valence-electron chi connectivity index (χ2n) is 5.79. The van der Waals surface area contributed by atoms with E-state index in [2.05, 4.69) is 21.2 Å². The van der Waals surface area contributed by atoms with Gasteiger partial charge in [0.15, 0.2) is 0 Å². The first kappa shape index (κ1) is 16.8. The Bertz CT molecular complexity index is 723. The summed E-state index contributed by atoms with van der Waals surface area (Å²) in [6.07, 6.45) is 0. The number of carbonyl (C=O) groups is 1. The highest BCUT2D eigenvalue weighted by molar-refractivity contribution is 9.10. The molecule has 24 heavy (non-hydrogen) atoms. The van der Waals surface area contributed by atoms with E-state index in [1.807, 2.05) is 48.5 Å². The van der Waals surface area contributed by atoms with E-state index < -0.39 is 0 Å². The molecular formula is C18H19BrN2O3. The fourth-order valence-corrected chi connectivity index (χ4v) is 3.34. The molecule has 5 nitrogen and oxygen atoms in total. The average molecular weight is 391 g/mol. The van der Waals surface area contributed by atoms with Crippen LogP contribution in [0, 0.1) is 5.92 Å². The van der Waals surface area contributed by atoms with Gasteiger partial charge < -0.3 is 20.1 Å². The number of benzene rings is 2. The van der Waals surface area contributed by atoms with E-state index >= 15 is 0 Å². The lowest BCUT2D eigenvalue weighted by atomic mass is 9.90. The van der Waals surface area contributed by atoms with E-state index in [0.717, 1.165) is 21.5 Å². The molecule has 1 heterocycles. The third-order valence-corrected chi connectivity index (χ3v) is 4.68. The van der Waals surface area contributed by atoms with Crippen molar-refractivity contribution in [1.82, 2.24) is 4.90 Å². The number of aliphatic hydroxyl groups excluding tert-OH is 1. The highest BCUT2D eigenvalue weighted by Gasteiger charge is 2.35. The molecule has 0 aliphatic carbocycles. The van der Waals surface area contributed by atoms with Crippen molar-refractivity contribution in [3.05, 3.63) is 58.6 Å². The van der Waals surface area contributed by atoms with Gasteiger partial charge in [0.2, 0.25) is 0 Å². The number of anilines is 1. The quantitative estimate of drug-likeness (QED) is 0.840. The highest BCUT2D eigenvalue weighted by Crippen LogP contribution is 2.40. The number of carbonyl (C=O) groups excluding carboxylic acids is 1. The lowest BCUT2D eigenvalue weighted by Gasteiger charge is -2.38. The van der Waals surface area contributed by atoms with E-state index in [9.17, 15) is 9.90 Å². The van der Waals surface area contributed by atoms with Gasteiger partial charge in [0.05, 0.1) is 19.3 Å². The smallest absolute Gasteiger partial charge is 0.322 e. The molecule has 6 heteroatoms. The minimum atomic E-state index is -0.264. The van der Waals surface area contributed by atoms with Crippen molar-refractivity contribution < 1.29 is 14.6 Å². The number of urea groups is 1. The molecule has 0 bridgehead atoms. The topological polar surface area (TPSA) is 61.8 Å². The van der Waals surface area contributed by atoms with Crippen LogP contribution in [0.15, 0.2) is 53.0 Å². The molecule has 0 unspecified atom stereocenters. The number of aliphatic hydroxyl groups is 1. The summed E-state index contributed by atoms with van der Waals surface area (Å²) >= 11 is 3.46. The molecule has 0 saturated carbocycles. The number of para-hydroxylation sites is 1. The lowest BCUT2D eigenvalue weighted by molar-refractivity contribution is 0.0738. The van der Waals surface area contributed by atoms with Crippen molar-refractivity contribution in [2.75, 3.05) is 25.6 Å². The van der Waals surface area contributed by atoms with E-state index in [0.29, 0.717) is 6.61 Å². The minimum absolute atomic E-state index is 0.0560. The number of halogens is 1. The molecule has 2 atom stereocenters. The SMILES string of the molecule is CN(C(=O)Nc1ccccc1)[C@H]1c2cc(Br)ccc2OC[C@@H]1CO. The molecular weight excluding hydrogens is 372 g/mol. The van der Waals surface area contributed by atoms with Gasteiger partial charge in [0, 0.05) is 28.7 Å². The predicted molar refractivity (Wildman–Crippen MR) is 96.2 cm³/mol. The summed E-state index contributed by atoms with van der Waals surface area (Å²) in [4.78, 5) is 14.3. The summed E-state index contributed by atoms with van der Waals surface area (Å²) < 4.78 is 6.63. The van der Waals surface area contributed by atoms with Gasteiger partial charge in [-0.2, -0.15) is 0 Å². The molecule has 1 aliphatic heterocycles. The fraction of sp³-hybridized carbons (Fsp3) is 0.278. The predicted octanol–water partition coefficient (Wildman–Crippen LogP) is 3.66. The monoisotopic (exact) mass is 390 g/mol. The normalized spacial score (nSPS) is 19.1. The van der Waals surface area contributed by atoms with Gasteiger partial charge in [-0.05, 0) is 30.3 Å². The van der Waals surface area contributed by atoms with E-state index in [1.165, 1.54) is 0 Å². The number of hydrogen-bond acceptors (Lipinski definition) is 3. The average Bonchev–Trinajstić information content (AvgIpc) is 2.60. The maximum absolute atomic E-state index is 12.6. The molecule has 0 saturated heterocycles. The van der Waals surface area contributed by atoms with Crippen LogP contribution in [0.1, 0.15) is 11.6 Å². The molecule has 2 aromatic carbocycles. The van der Waals surface area contributed by atoms with Crippen LogP contribution in [0.5, 0.6) is 5.75 Å². The number of fused-ring (bicyclic) bond motifs is 1. The number of hydrogen-bond donors (Lipinski definition) is 2. The van der Waals surface area contributed by atoms with Gasteiger partial charge in [0.25, 0.3) is 0 Å². The van der Waals surface area contributed by atoms with Crippen LogP contribution >= 0.6 is 15.9 Å². The van der Waals surface area contributed by atoms with Gasteiger partial charge in [0.1, 0.15) is 5.75 Å². The summed E-state index contributed by atoms with van der Waals surface area (Å²) in [7, 11) is 1.74. The first-order valence-electron chi connectivity index (χ1n) is 7.72. The number of nitrogens with one attached hydrogen (secondary N) is 1. The van der Waals surface area contributed by atoms with Gasteiger partial charge in [-0.25, -0.2) is 4.79 Å². The zero-order valence-electron chi connectivity index (χ0n) is 13.3. The first-order chi connectivity index (χ1) is 11.6. The van der Waals surface area contributed by atoms with E-state index in [-0.39, 0.29) is 24.6 Å². The second kappa shape index (κ2) is 7.23. The molecule has 0 fully saturated rings. The number of amides is 2. The van der Waals surface area contributed by atoms with E-state index in [4.69, 9.17) is 4.74 Å². The van der Waals surface area contributed by atoms with Gasteiger partial charge in [-0.1, -0.05) is 34.1 Å². The van der Waals surface area contributed by atoms with E-state index in [1.54, 1.807) is 11.9 Å². The Hall–Kier alpha value is -2.05. The minimum Gasteiger partial charge on any atom is -0.493 e. The molecule has 2 N–H and O–H groups in total. The van der Waals surface area contributed by atoms with Crippen LogP contribution < -0.4 is 10.1 Å². The van der Waals surface area contributed by atoms with Crippen LogP contribution in [0.3, 0.4) is 0 Å². The summed E-state index contributed by atoms with van der Waals surface area (Å²) in [6, 6.07) is 14.5. The van der Waals surface area contributed by atoms with Crippen molar-refractivity contribution in [3.8, 4) is 5.75 Å². The van der Waals surface area contributed by atoms with Gasteiger partial charge in [-0.3, -0.25) is 0 Å². The Morgan fingerprint density at radius 2 is 2.08 bits per heavy atom. The number of nitrogens with zero attached hydrogens (tertiary/aromatic N) is 1. The van der Waals surface area contributed by atoms with Crippen LogP contribution in [-0.4, -0.2) is 36.3 Å². The van der Waals surface area contributed by atoms with Crippen molar-refractivity contribution in [1.29, 1.82) is 0 Å². The summed E-state index contributed by atoms with van der Waals surface area (Å²) in [5.41, 5.74) is 1.62. The Morgan fingerprint density at radius 1 is 1.33 bits per heavy atom. The Balaban J connectivity index is 1.88. The zero-order valence-corrected chi connectivity index (χ0v) is 14.9. The van der Waals surface area contributed by atoms with Crippen LogP contribution in [0.25, 0.3) is 0 Å². The standard InChI is InChI=1S/C18H19BrN2O3/c1-21(18(23)20-14-5-3-2-4-6-14)17-12(10-22)11-24-16-8-7-13(19)9-15(16)17/h2-9,12,17,22H,10-11H2,1H3,(H,20,23)/t12-,17+/m0/s1. The first-order valence-corrected chi connectivity index (χ1v) is 8.51. The Kier molecular flexibility index (Phi) is 5.06. The maximum Gasteiger partial charge on any atom is 0.322 e. The number of rotatable bonds is 3.